The van der Waals surface area contributed by atoms with Gasteiger partial charge in [-0.05, 0) is 29.8 Å². The van der Waals surface area contributed by atoms with Gasteiger partial charge in [0, 0.05) is 12.1 Å². The number of rotatable bonds is 5. The average molecular weight is 309 g/mol. The highest BCUT2D eigenvalue weighted by Crippen LogP contribution is 2.37. The summed E-state index contributed by atoms with van der Waals surface area (Å²) >= 11 is 0. The number of hydrogen-bond donors (Lipinski definition) is 2. The molecule has 0 radical (unpaired) electrons. The quantitative estimate of drug-likeness (QED) is 0.496. The van der Waals surface area contributed by atoms with Crippen molar-refractivity contribution in [2.24, 2.45) is 0 Å². The van der Waals surface area contributed by atoms with Gasteiger partial charge in [-0.2, -0.15) is 0 Å². The predicted molar refractivity (Wildman–Crippen MR) is 75.5 cm³/mol. The van der Waals surface area contributed by atoms with E-state index in [1.807, 2.05) is 0 Å². The Morgan fingerprint density at radius 1 is 1.10 bits per heavy atom. The molecule has 2 aromatic rings. The molecule has 0 bridgehead atoms. The lowest BCUT2D eigenvalue weighted by Gasteiger charge is -2.12. The highest BCUT2D eigenvalue weighted by atomic mass is 31.2. The molecule has 2 N–H and O–H groups in total. The lowest BCUT2D eigenvalue weighted by molar-refractivity contribution is -0.384. The van der Waals surface area contributed by atoms with E-state index in [1.165, 1.54) is 42.5 Å². The molecule has 0 heterocycles. The Morgan fingerprint density at radius 3 is 2.29 bits per heavy atom. The van der Waals surface area contributed by atoms with Gasteiger partial charge in [-0.15, -0.1) is 0 Å². The van der Waals surface area contributed by atoms with Crippen LogP contribution in [-0.2, 0) is 11.2 Å². The van der Waals surface area contributed by atoms with E-state index < -0.39 is 12.5 Å². The second kappa shape index (κ2) is 6.05. The van der Waals surface area contributed by atoms with Crippen molar-refractivity contribution >= 4 is 18.6 Å². The Kier molecular flexibility index (Phi) is 4.37. The Morgan fingerprint density at radius 2 is 1.71 bits per heavy atom. The molecule has 110 valence electrons. The predicted octanol–water partition coefficient (Wildman–Crippen LogP) is 1.98. The summed E-state index contributed by atoms with van der Waals surface area (Å²) in [6, 6.07) is 11.6. The Hall–Kier alpha value is -2.21. The van der Waals surface area contributed by atoms with Gasteiger partial charge >= 0.3 is 7.60 Å². The molecular formula is C13H12NO6P. The van der Waals surface area contributed by atoms with Crippen LogP contribution >= 0.6 is 7.60 Å². The molecule has 0 atom stereocenters. The number of nitrogens with zero attached hydrogens (tertiary/aromatic N) is 1. The monoisotopic (exact) mass is 309 g/mol. The van der Waals surface area contributed by atoms with Gasteiger partial charge in [-0.25, -0.2) is 0 Å². The second-order valence-corrected chi connectivity index (χ2v) is 5.79. The van der Waals surface area contributed by atoms with E-state index in [4.69, 9.17) is 4.74 Å². The summed E-state index contributed by atoms with van der Waals surface area (Å²) in [7, 11) is -4.41. The largest absolute Gasteiger partial charge is 0.488 e. The minimum absolute atomic E-state index is 0.0330. The van der Waals surface area contributed by atoms with Crippen molar-refractivity contribution in [2.75, 3.05) is 0 Å². The first-order valence-electron chi connectivity index (χ1n) is 5.89. The van der Waals surface area contributed by atoms with Crippen LogP contribution in [0.4, 0.5) is 5.69 Å². The molecule has 0 aliphatic heterocycles. The van der Waals surface area contributed by atoms with E-state index in [-0.39, 0.29) is 23.3 Å². The SMILES string of the molecule is O=[N+]([O-])c1ccc(COc2ccccc2P(=O)(O)O)cc1. The first-order chi connectivity index (χ1) is 9.88. The summed E-state index contributed by atoms with van der Waals surface area (Å²) in [5, 5.41) is 10.3. The first-order valence-corrected chi connectivity index (χ1v) is 7.50. The number of hydrogen-bond acceptors (Lipinski definition) is 4. The van der Waals surface area contributed by atoms with E-state index in [2.05, 4.69) is 0 Å². The van der Waals surface area contributed by atoms with E-state index in [1.54, 1.807) is 6.07 Å². The summed E-state index contributed by atoms with van der Waals surface area (Å²) in [5.74, 6) is 0.0872. The van der Waals surface area contributed by atoms with Crippen molar-refractivity contribution < 1.29 is 24.0 Å². The number of non-ortho nitro benzene ring substituents is 1. The molecule has 8 heteroatoms. The zero-order valence-electron chi connectivity index (χ0n) is 10.7. The van der Waals surface area contributed by atoms with E-state index in [0.717, 1.165) is 0 Å². The third kappa shape index (κ3) is 3.88. The summed E-state index contributed by atoms with van der Waals surface area (Å²) in [5.41, 5.74) is 0.621. The fourth-order valence-electron chi connectivity index (χ4n) is 1.69. The maximum atomic E-state index is 11.3. The van der Waals surface area contributed by atoms with Crippen LogP contribution < -0.4 is 10.0 Å². The molecule has 7 nitrogen and oxygen atoms in total. The molecule has 0 unspecified atom stereocenters. The number of ether oxygens (including phenoxy) is 1. The highest BCUT2D eigenvalue weighted by Gasteiger charge is 2.22. The van der Waals surface area contributed by atoms with E-state index in [9.17, 15) is 24.5 Å². The number of nitro groups is 1. The van der Waals surface area contributed by atoms with Gasteiger partial charge in [0.15, 0.2) is 0 Å². The maximum Gasteiger partial charge on any atom is 0.359 e. The van der Waals surface area contributed by atoms with Gasteiger partial charge in [-0.1, -0.05) is 12.1 Å². The standard InChI is InChI=1S/C13H12NO6P/c15-14(16)11-7-5-10(6-8-11)9-20-12-3-1-2-4-13(12)21(17,18)19/h1-8H,9H2,(H2,17,18,19). The van der Waals surface area contributed by atoms with Crippen LogP contribution in [-0.4, -0.2) is 14.7 Å². The van der Waals surface area contributed by atoms with Crippen LogP contribution in [0.25, 0.3) is 0 Å². The molecule has 0 spiro atoms. The Labute approximate surface area is 120 Å². The number of nitro benzene ring substituents is 1. The fraction of sp³-hybridized carbons (Fsp3) is 0.0769. The summed E-state index contributed by atoms with van der Waals surface area (Å²) in [6.45, 7) is 0.0506. The first kappa shape index (κ1) is 15.2. The van der Waals surface area contributed by atoms with E-state index >= 15 is 0 Å². The second-order valence-electron chi connectivity index (χ2n) is 4.22. The van der Waals surface area contributed by atoms with Gasteiger partial charge in [0.05, 0.1) is 4.92 Å². The minimum Gasteiger partial charge on any atom is -0.488 e. The zero-order valence-corrected chi connectivity index (χ0v) is 11.6. The van der Waals surface area contributed by atoms with Crippen LogP contribution in [0.3, 0.4) is 0 Å². The summed E-state index contributed by atoms with van der Waals surface area (Å²) in [6.07, 6.45) is 0. The highest BCUT2D eigenvalue weighted by molar-refractivity contribution is 7.60. The normalized spacial score (nSPS) is 11.1. The molecule has 0 fully saturated rings. The van der Waals surface area contributed by atoms with Crippen molar-refractivity contribution in [1.29, 1.82) is 0 Å². The van der Waals surface area contributed by atoms with Crippen molar-refractivity contribution in [1.82, 2.24) is 0 Å². The van der Waals surface area contributed by atoms with Crippen molar-refractivity contribution in [3.05, 3.63) is 64.2 Å². The number of para-hydroxylation sites is 1. The zero-order chi connectivity index (χ0) is 15.5. The van der Waals surface area contributed by atoms with Crippen LogP contribution in [0, 0.1) is 10.1 Å². The van der Waals surface area contributed by atoms with Crippen LogP contribution in [0.15, 0.2) is 48.5 Å². The lowest BCUT2D eigenvalue weighted by atomic mass is 10.2. The average Bonchev–Trinajstić information content (AvgIpc) is 2.45. The lowest BCUT2D eigenvalue weighted by Crippen LogP contribution is -2.09. The summed E-state index contributed by atoms with van der Waals surface area (Å²) < 4.78 is 16.7. The van der Waals surface area contributed by atoms with Gasteiger partial charge < -0.3 is 14.5 Å². The molecule has 0 saturated carbocycles. The van der Waals surface area contributed by atoms with E-state index in [0.29, 0.717) is 5.56 Å². The fourth-order valence-corrected chi connectivity index (χ4v) is 2.40. The minimum atomic E-state index is -4.41. The molecule has 21 heavy (non-hydrogen) atoms. The molecular weight excluding hydrogens is 297 g/mol. The topological polar surface area (TPSA) is 110 Å². The Bertz CT molecular complexity index is 694. The van der Waals surface area contributed by atoms with Crippen molar-refractivity contribution in [3.8, 4) is 5.75 Å². The van der Waals surface area contributed by atoms with Crippen molar-refractivity contribution in [3.63, 3.8) is 0 Å². The third-order valence-electron chi connectivity index (χ3n) is 2.72. The molecule has 0 saturated heterocycles. The maximum absolute atomic E-state index is 11.3. The van der Waals surface area contributed by atoms with Crippen LogP contribution in [0.5, 0.6) is 5.75 Å². The van der Waals surface area contributed by atoms with Gasteiger partial charge in [0.25, 0.3) is 5.69 Å². The molecule has 0 amide bonds. The number of benzene rings is 2. The van der Waals surface area contributed by atoms with Crippen LogP contribution in [0.1, 0.15) is 5.56 Å². The Balaban J connectivity index is 2.13. The molecule has 0 aliphatic rings. The third-order valence-corrected chi connectivity index (χ3v) is 3.72. The van der Waals surface area contributed by atoms with Gasteiger partial charge in [0.1, 0.15) is 17.7 Å². The van der Waals surface area contributed by atoms with Gasteiger partial charge in [0.2, 0.25) is 0 Å². The summed E-state index contributed by atoms with van der Waals surface area (Å²) in [4.78, 5) is 28.5. The van der Waals surface area contributed by atoms with Crippen molar-refractivity contribution in [2.45, 2.75) is 6.61 Å². The molecule has 0 aromatic heterocycles. The molecule has 2 aromatic carbocycles. The smallest absolute Gasteiger partial charge is 0.359 e. The molecule has 2 rings (SSSR count). The van der Waals surface area contributed by atoms with Crippen LogP contribution in [0.2, 0.25) is 0 Å². The van der Waals surface area contributed by atoms with Gasteiger partial charge in [-0.3, -0.25) is 14.7 Å². The molecule has 0 aliphatic carbocycles.